The maximum atomic E-state index is 11.1. The molecular formula is C19H30O7. The third-order valence-corrected chi connectivity index (χ3v) is 6.88. The van der Waals surface area contributed by atoms with Crippen molar-refractivity contribution in [3.8, 4) is 0 Å². The Hall–Kier alpha value is -0.280. The Kier molecular flexibility index (Phi) is 4.18. The highest BCUT2D eigenvalue weighted by Crippen LogP contribution is 2.57. The molecule has 0 aromatic heterocycles. The van der Waals surface area contributed by atoms with Gasteiger partial charge in [-0.2, -0.15) is 0 Å². The van der Waals surface area contributed by atoms with Gasteiger partial charge in [0.05, 0.1) is 12.2 Å². The van der Waals surface area contributed by atoms with Gasteiger partial charge in [-0.05, 0) is 25.7 Å². The standard InChI is InChI=1S/C19H30O7/c1-3-5-6-9-18-17(20)19(21)16(26-18)15-14(25-19)13(24-18)12-11(23-15)8-7-10(4-2)22-12/h10-17,20-21H,3-9H2,1-2H3. The molecule has 0 spiro atoms. The third kappa shape index (κ3) is 2.25. The second-order valence-electron chi connectivity index (χ2n) is 8.47. The van der Waals surface area contributed by atoms with Crippen LogP contribution in [0.3, 0.4) is 0 Å². The summed E-state index contributed by atoms with van der Waals surface area (Å²) in [5, 5.41) is 22.0. The van der Waals surface area contributed by atoms with Crippen molar-refractivity contribution in [1.82, 2.24) is 0 Å². The molecule has 6 bridgehead atoms. The van der Waals surface area contributed by atoms with Crippen LogP contribution in [-0.2, 0) is 23.7 Å². The van der Waals surface area contributed by atoms with E-state index in [1.807, 2.05) is 0 Å². The number of hydrogen-bond acceptors (Lipinski definition) is 7. The predicted octanol–water partition coefficient (Wildman–Crippen LogP) is 1.23. The molecule has 6 saturated heterocycles. The van der Waals surface area contributed by atoms with Crippen LogP contribution in [0.5, 0.6) is 0 Å². The summed E-state index contributed by atoms with van der Waals surface area (Å²) in [6.45, 7) is 4.24. The monoisotopic (exact) mass is 370 g/mol. The number of rotatable bonds is 5. The van der Waals surface area contributed by atoms with Gasteiger partial charge in [0.1, 0.15) is 30.5 Å². The number of fused-ring (bicyclic) bond motifs is 1. The molecule has 6 aliphatic heterocycles. The molecule has 6 fully saturated rings. The third-order valence-electron chi connectivity index (χ3n) is 6.88. The molecule has 6 heterocycles. The molecule has 0 amide bonds. The molecule has 0 saturated carbocycles. The van der Waals surface area contributed by atoms with Crippen LogP contribution in [0.25, 0.3) is 0 Å². The molecule has 0 radical (unpaired) electrons. The molecule has 6 rings (SSSR count). The summed E-state index contributed by atoms with van der Waals surface area (Å²) in [4.78, 5) is 0. The van der Waals surface area contributed by atoms with Crippen LogP contribution in [0.1, 0.15) is 58.8 Å². The minimum atomic E-state index is -1.77. The summed E-state index contributed by atoms with van der Waals surface area (Å²) in [5.74, 6) is -3.02. The lowest BCUT2D eigenvalue weighted by atomic mass is 9.86. The fourth-order valence-corrected chi connectivity index (χ4v) is 5.48. The first-order chi connectivity index (χ1) is 12.5. The van der Waals surface area contributed by atoms with Crippen molar-refractivity contribution in [3.05, 3.63) is 0 Å². The lowest BCUT2D eigenvalue weighted by Gasteiger charge is -2.47. The Morgan fingerprint density at radius 3 is 2.50 bits per heavy atom. The van der Waals surface area contributed by atoms with Crippen molar-refractivity contribution in [2.24, 2.45) is 0 Å². The second kappa shape index (κ2) is 6.11. The van der Waals surface area contributed by atoms with Crippen molar-refractivity contribution in [1.29, 1.82) is 0 Å². The quantitative estimate of drug-likeness (QED) is 0.704. The van der Waals surface area contributed by atoms with E-state index in [9.17, 15) is 10.2 Å². The van der Waals surface area contributed by atoms with Crippen molar-refractivity contribution in [3.63, 3.8) is 0 Å². The lowest BCUT2D eigenvalue weighted by molar-refractivity contribution is -0.305. The van der Waals surface area contributed by atoms with E-state index >= 15 is 0 Å². The second-order valence-corrected chi connectivity index (χ2v) is 8.47. The zero-order valence-corrected chi connectivity index (χ0v) is 15.5. The highest BCUT2D eigenvalue weighted by atomic mass is 16.8. The highest BCUT2D eigenvalue weighted by Gasteiger charge is 2.78. The molecular weight excluding hydrogens is 340 g/mol. The average molecular weight is 370 g/mol. The molecule has 10 atom stereocenters. The van der Waals surface area contributed by atoms with E-state index in [2.05, 4.69) is 13.8 Å². The summed E-state index contributed by atoms with van der Waals surface area (Å²) in [7, 11) is 0. The summed E-state index contributed by atoms with van der Waals surface area (Å²) in [6.07, 6.45) is 2.82. The first-order valence-corrected chi connectivity index (χ1v) is 10.3. The number of unbranched alkanes of at least 4 members (excludes halogenated alkanes) is 2. The molecule has 0 aliphatic carbocycles. The molecule has 0 aromatic rings. The van der Waals surface area contributed by atoms with Gasteiger partial charge < -0.3 is 33.9 Å². The fraction of sp³-hybridized carbons (Fsp3) is 1.00. The zero-order valence-electron chi connectivity index (χ0n) is 15.5. The van der Waals surface area contributed by atoms with Crippen LogP contribution in [0, 0.1) is 0 Å². The molecule has 148 valence electrons. The van der Waals surface area contributed by atoms with E-state index in [1.165, 1.54) is 0 Å². The van der Waals surface area contributed by atoms with Crippen molar-refractivity contribution < 1.29 is 33.9 Å². The Morgan fingerprint density at radius 2 is 1.73 bits per heavy atom. The Labute approximate surface area is 153 Å². The maximum absolute atomic E-state index is 11.1. The van der Waals surface area contributed by atoms with Crippen LogP contribution >= 0.6 is 0 Å². The molecule has 26 heavy (non-hydrogen) atoms. The summed E-state index contributed by atoms with van der Waals surface area (Å²) < 4.78 is 31.1. The van der Waals surface area contributed by atoms with Gasteiger partial charge in [-0.25, -0.2) is 0 Å². The topological polar surface area (TPSA) is 86.6 Å². The fourth-order valence-electron chi connectivity index (χ4n) is 5.48. The largest absolute Gasteiger partial charge is 0.382 e. The zero-order chi connectivity index (χ0) is 18.1. The van der Waals surface area contributed by atoms with E-state index in [0.717, 1.165) is 38.5 Å². The first kappa shape index (κ1) is 17.8. The number of aliphatic hydroxyl groups excluding tert-OH is 1. The highest BCUT2D eigenvalue weighted by molar-refractivity contribution is 5.18. The molecule has 7 heteroatoms. The van der Waals surface area contributed by atoms with E-state index < -0.39 is 42.1 Å². The molecule has 2 N–H and O–H groups in total. The van der Waals surface area contributed by atoms with E-state index in [4.69, 9.17) is 23.7 Å². The Balaban J connectivity index is 1.49. The van der Waals surface area contributed by atoms with Crippen LogP contribution in [0.4, 0.5) is 0 Å². The van der Waals surface area contributed by atoms with Gasteiger partial charge in [-0.15, -0.1) is 0 Å². The van der Waals surface area contributed by atoms with Crippen LogP contribution in [0.15, 0.2) is 0 Å². The van der Waals surface area contributed by atoms with E-state index in [-0.39, 0.29) is 18.3 Å². The first-order valence-electron chi connectivity index (χ1n) is 10.3. The van der Waals surface area contributed by atoms with Crippen LogP contribution in [0.2, 0.25) is 0 Å². The van der Waals surface area contributed by atoms with E-state index in [0.29, 0.717) is 6.42 Å². The van der Waals surface area contributed by atoms with Gasteiger partial charge in [0.2, 0.25) is 11.6 Å². The van der Waals surface area contributed by atoms with Gasteiger partial charge in [-0.1, -0.05) is 26.7 Å². The molecule has 6 aliphatic rings. The van der Waals surface area contributed by atoms with Gasteiger partial charge in [0, 0.05) is 6.42 Å². The number of ether oxygens (including phenoxy) is 5. The molecule has 10 unspecified atom stereocenters. The summed E-state index contributed by atoms with van der Waals surface area (Å²) in [6, 6.07) is 0. The smallest absolute Gasteiger partial charge is 0.227 e. The van der Waals surface area contributed by atoms with Gasteiger partial charge in [0.15, 0.2) is 6.10 Å². The van der Waals surface area contributed by atoms with Crippen LogP contribution in [-0.4, -0.2) is 70.6 Å². The average Bonchev–Trinajstić information content (AvgIpc) is 2.95. The normalized spacial score (nSPS) is 57.2. The summed E-state index contributed by atoms with van der Waals surface area (Å²) >= 11 is 0. The lowest BCUT2D eigenvalue weighted by Crippen LogP contribution is -2.62. The number of hydrogen-bond donors (Lipinski definition) is 2. The van der Waals surface area contributed by atoms with Crippen molar-refractivity contribution in [2.75, 3.05) is 0 Å². The van der Waals surface area contributed by atoms with Crippen molar-refractivity contribution >= 4 is 0 Å². The van der Waals surface area contributed by atoms with Crippen LogP contribution < -0.4 is 0 Å². The molecule has 0 aromatic carbocycles. The molecule has 7 nitrogen and oxygen atoms in total. The maximum Gasteiger partial charge on any atom is 0.227 e. The minimum Gasteiger partial charge on any atom is -0.382 e. The van der Waals surface area contributed by atoms with Gasteiger partial charge in [-0.3, -0.25) is 0 Å². The minimum absolute atomic E-state index is 0.0808. The van der Waals surface area contributed by atoms with E-state index in [1.54, 1.807) is 0 Å². The van der Waals surface area contributed by atoms with Crippen molar-refractivity contribution in [2.45, 2.75) is 119 Å². The number of aliphatic hydroxyl groups is 2. The van der Waals surface area contributed by atoms with Gasteiger partial charge >= 0.3 is 0 Å². The predicted molar refractivity (Wildman–Crippen MR) is 89.3 cm³/mol. The van der Waals surface area contributed by atoms with Gasteiger partial charge in [0.25, 0.3) is 0 Å². The SMILES string of the molecule is CCCCCC12OC3C4OC(CC)CCC4OC4C3OC(O)(C4O1)C2O. The Morgan fingerprint density at radius 1 is 0.923 bits per heavy atom. The summed E-state index contributed by atoms with van der Waals surface area (Å²) in [5.41, 5.74) is 0. The Bertz CT molecular complexity index is 558.